The van der Waals surface area contributed by atoms with Crippen molar-refractivity contribution >= 4 is 34.9 Å². The molecule has 0 saturated carbocycles. The van der Waals surface area contributed by atoms with Gasteiger partial charge in [-0.3, -0.25) is 9.59 Å². The highest BCUT2D eigenvalue weighted by molar-refractivity contribution is 7.09. The zero-order chi connectivity index (χ0) is 19.5. The molecule has 1 aromatic carbocycles. The lowest BCUT2D eigenvalue weighted by molar-refractivity contribution is -0.142. The lowest BCUT2D eigenvalue weighted by atomic mass is 10.1. The van der Waals surface area contributed by atoms with Crippen LogP contribution in [0.2, 0.25) is 0 Å². The van der Waals surface area contributed by atoms with Crippen molar-refractivity contribution in [3.05, 3.63) is 46.4 Å². The fourth-order valence-electron chi connectivity index (χ4n) is 3.26. The molecule has 28 heavy (non-hydrogen) atoms. The van der Waals surface area contributed by atoms with Gasteiger partial charge in [-0.2, -0.15) is 0 Å². The molecule has 1 aromatic heterocycles. The quantitative estimate of drug-likeness (QED) is 0.740. The van der Waals surface area contributed by atoms with Crippen LogP contribution in [-0.2, 0) is 14.3 Å². The average molecular weight is 399 g/mol. The number of rotatable bonds is 3. The number of morpholine rings is 1. The van der Waals surface area contributed by atoms with Crippen LogP contribution in [0.4, 0.5) is 5.69 Å². The van der Waals surface area contributed by atoms with Crippen LogP contribution >= 0.6 is 11.3 Å². The summed E-state index contributed by atoms with van der Waals surface area (Å²) in [4.78, 5) is 33.5. The summed E-state index contributed by atoms with van der Waals surface area (Å²) in [5.41, 5.74) is 1.41. The lowest BCUT2D eigenvalue weighted by Gasteiger charge is -2.37. The van der Waals surface area contributed by atoms with Gasteiger partial charge >= 0.3 is 0 Å². The third-order valence-corrected chi connectivity index (χ3v) is 5.46. The van der Waals surface area contributed by atoms with E-state index >= 15 is 0 Å². The third kappa shape index (κ3) is 3.93. The second-order valence-corrected chi connectivity index (χ2v) is 7.65. The van der Waals surface area contributed by atoms with Gasteiger partial charge in [0.1, 0.15) is 5.75 Å². The second kappa shape index (κ2) is 8.12. The molecule has 0 unspecified atom stereocenters. The molecule has 0 spiro atoms. The predicted octanol–water partition coefficient (Wildman–Crippen LogP) is 2.12. The first kappa shape index (κ1) is 18.6. The number of nitrogens with zero attached hydrogens (tertiary/aromatic N) is 3. The number of amides is 2. The molecule has 2 amide bonds. The Morgan fingerprint density at radius 2 is 2.04 bits per heavy atom. The number of ether oxygens (including phenoxy) is 2. The van der Waals surface area contributed by atoms with Gasteiger partial charge in [0.25, 0.3) is 11.8 Å². The molecule has 4 rings (SSSR count). The topological polar surface area (TPSA) is 72.0 Å². The summed E-state index contributed by atoms with van der Waals surface area (Å²) in [6.07, 6.45) is 2.46. The van der Waals surface area contributed by atoms with Crippen LogP contribution < -0.4 is 9.64 Å². The van der Waals surface area contributed by atoms with Crippen LogP contribution in [0.25, 0.3) is 6.08 Å². The molecule has 0 N–H and O–H groups in total. The van der Waals surface area contributed by atoms with Crippen LogP contribution in [0.1, 0.15) is 10.7 Å². The third-order valence-electron chi connectivity index (χ3n) is 4.67. The van der Waals surface area contributed by atoms with Crippen molar-refractivity contribution in [2.75, 3.05) is 37.7 Å². The molecule has 0 aliphatic carbocycles. The Kier molecular flexibility index (Phi) is 5.40. The van der Waals surface area contributed by atoms with Gasteiger partial charge in [-0.15, -0.1) is 11.3 Å². The van der Waals surface area contributed by atoms with Gasteiger partial charge in [-0.25, -0.2) is 4.98 Å². The molecule has 3 heterocycles. The molecule has 2 aliphatic rings. The maximum atomic E-state index is 12.9. The van der Waals surface area contributed by atoms with E-state index in [-0.39, 0.29) is 18.4 Å². The van der Waals surface area contributed by atoms with Gasteiger partial charge in [0.15, 0.2) is 6.10 Å². The van der Waals surface area contributed by atoms with Crippen LogP contribution in [0.15, 0.2) is 35.7 Å². The Hall–Kier alpha value is -2.71. The molecular weight excluding hydrogens is 378 g/mol. The number of hydrogen-bond donors (Lipinski definition) is 0. The maximum Gasteiger partial charge on any atom is 0.265 e. The van der Waals surface area contributed by atoms with Crippen molar-refractivity contribution in [1.82, 2.24) is 9.88 Å². The van der Waals surface area contributed by atoms with Gasteiger partial charge < -0.3 is 19.3 Å². The molecule has 2 aromatic rings. The van der Waals surface area contributed by atoms with E-state index in [1.54, 1.807) is 21.9 Å². The molecule has 2 aliphatic heterocycles. The van der Waals surface area contributed by atoms with E-state index in [0.29, 0.717) is 37.7 Å². The van der Waals surface area contributed by atoms with E-state index in [1.165, 1.54) is 17.4 Å². The fraction of sp³-hybridized carbons (Fsp3) is 0.350. The summed E-state index contributed by atoms with van der Waals surface area (Å²) in [5, 5.41) is 2.84. The number of carbonyl (C=O) groups excluding carboxylic acids is 2. The number of hydrogen-bond acceptors (Lipinski definition) is 6. The summed E-state index contributed by atoms with van der Waals surface area (Å²) in [6, 6.07) is 7.28. The van der Waals surface area contributed by atoms with Gasteiger partial charge in [0, 0.05) is 24.5 Å². The maximum absolute atomic E-state index is 12.9. The molecular formula is C20H21N3O4S. The minimum atomic E-state index is -0.730. The number of benzene rings is 1. The standard InChI is InChI=1S/C20H21N3O4S/c1-14-21-15(13-28-14)6-7-19(24)23-12-18(20(25)22-8-10-26-11-9-22)27-17-5-3-2-4-16(17)23/h2-7,13,18H,8-12H2,1H3/b7-6+/t18-/m1/s1. The van der Waals surface area contributed by atoms with Crippen LogP contribution in [0.5, 0.6) is 5.75 Å². The van der Waals surface area contributed by atoms with Crippen molar-refractivity contribution in [2.45, 2.75) is 13.0 Å². The number of carbonyl (C=O) groups is 2. The Balaban J connectivity index is 1.55. The SMILES string of the molecule is Cc1nc(/C=C/C(=O)N2C[C@H](C(=O)N3CCOCC3)Oc3ccccc32)cs1. The van der Waals surface area contributed by atoms with E-state index in [2.05, 4.69) is 4.98 Å². The van der Waals surface area contributed by atoms with Crippen molar-refractivity contribution in [2.24, 2.45) is 0 Å². The molecule has 1 saturated heterocycles. The number of fused-ring (bicyclic) bond motifs is 1. The lowest BCUT2D eigenvalue weighted by Crippen LogP contribution is -2.53. The summed E-state index contributed by atoms with van der Waals surface area (Å²) in [5.74, 6) is 0.211. The highest BCUT2D eigenvalue weighted by Crippen LogP contribution is 2.33. The molecule has 0 bridgehead atoms. The number of thiazole rings is 1. The number of para-hydroxylation sites is 2. The molecule has 8 heteroatoms. The molecule has 146 valence electrons. The van der Waals surface area contributed by atoms with Crippen LogP contribution in [-0.4, -0.2) is 60.7 Å². The van der Waals surface area contributed by atoms with E-state index in [4.69, 9.17) is 9.47 Å². The largest absolute Gasteiger partial charge is 0.476 e. The summed E-state index contributed by atoms with van der Waals surface area (Å²) in [6.45, 7) is 4.21. The molecule has 1 fully saturated rings. The summed E-state index contributed by atoms with van der Waals surface area (Å²) < 4.78 is 11.2. The van der Waals surface area contributed by atoms with Gasteiger partial charge in [-0.05, 0) is 25.1 Å². The minimum absolute atomic E-state index is 0.116. The first-order valence-corrected chi connectivity index (χ1v) is 10.0. The smallest absolute Gasteiger partial charge is 0.265 e. The van der Waals surface area contributed by atoms with Crippen LogP contribution in [0, 0.1) is 6.92 Å². The van der Waals surface area contributed by atoms with E-state index in [9.17, 15) is 9.59 Å². The number of aryl methyl sites for hydroxylation is 1. The number of aromatic nitrogens is 1. The predicted molar refractivity (Wildman–Crippen MR) is 106 cm³/mol. The van der Waals surface area contributed by atoms with E-state index in [0.717, 1.165) is 10.7 Å². The fourth-order valence-corrected chi connectivity index (χ4v) is 3.84. The first-order valence-electron chi connectivity index (χ1n) is 9.16. The highest BCUT2D eigenvalue weighted by atomic mass is 32.1. The summed E-state index contributed by atoms with van der Waals surface area (Å²) >= 11 is 1.53. The van der Waals surface area contributed by atoms with E-state index in [1.807, 2.05) is 30.5 Å². The van der Waals surface area contributed by atoms with Crippen LogP contribution in [0.3, 0.4) is 0 Å². The zero-order valence-electron chi connectivity index (χ0n) is 15.5. The van der Waals surface area contributed by atoms with Gasteiger partial charge in [0.05, 0.1) is 36.1 Å². The Labute approximate surface area is 167 Å². The van der Waals surface area contributed by atoms with Gasteiger partial charge in [-0.1, -0.05) is 12.1 Å². The summed E-state index contributed by atoms with van der Waals surface area (Å²) in [7, 11) is 0. The normalized spacial score (nSPS) is 19.4. The van der Waals surface area contributed by atoms with E-state index < -0.39 is 6.10 Å². The van der Waals surface area contributed by atoms with Crippen molar-refractivity contribution in [3.8, 4) is 5.75 Å². The van der Waals surface area contributed by atoms with Crippen molar-refractivity contribution < 1.29 is 19.1 Å². The monoisotopic (exact) mass is 399 g/mol. The van der Waals surface area contributed by atoms with Gasteiger partial charge in [0.2, 0.25) is 0 Å². The average Bonchev–Trinajstić information content (AvgIpc) is 3.16. The first-order chi connectivity index (χ1) is 13.6. The molecule has 7 nitrogen and oxygen atoms in total. The Bertz CT molecular complexity index is 904. The Morgan fingerprint density at radius 1 is 1.25 bits per heavy atom. The molecule has 1 atom stereocenters. The molecule has 0 radical (unpaired) electrons. The highest BCUT2D eigenvalue weighted by Gasteiger charge is 2.35. The zero-order valence-corrected chi connectivity index (χ0v) is 16.4. The minimum Gasteiger partial charge on any atom is -0.476 e. The second-order valence-electron chi connectivity index (χ2n) is 6.59. The van der Waals surface area contributed by atoms with Crippen molar-refractivity contribution in [3.63, 3.8) is 0 Å². The van der Waals surface area contributed by atoms with Crippen molar-refractivity contribution in [1.29, 1.82) is 0 Å². The Morgan fingerprint density at radius 3 is 2.79 bits per heavy atom. The number of anilines is 1.